The van der Waals surface area contributed by atoms with E-state index < -0.39 is 6.85 Å². The smallest absolute Gasteiger partial charge is 0.145 e. The fourth-order valence-electron chi connectivity index (χ4n) is 5.13. The van der Waals surface area contributed by atoms with Gasteiger partial charge in [0.05, 0.1) is 0 Å². The van der Waals surface area contributed by atoms with E-state index in [0.717, 1.165) is 48.7 Å². The van der Waals surface area contributed by atoms with Crippen LogP contribution < -0.4 is 10.1 Å². The van der Waals surface area contributed by atoms with E-state index in [-0.39, 0.29) is 32.2 Å². The Kier molecular flexibility index (Phi) is 6.27. The molecule has 0 unspecified atom stereocenters. The number of hydroxylamine groups is 1. The summed E-state index contributed by atoms with van der Waals surface area (Å²) in [5.74, 6) is 0.546. The van der Waals surface area contributed by atoms with Gasteiger partial charge in [-0.25, -0.2) is 4.98 Å². The van der Waals surface area contributed by atoms with Gasteiger partial charge in [-0.15, -0.1) is 55.3 Å². The van der Waals surface area contributed by atoms with E-state index >= 15 is 0 Å². The Morgan fingerprint density at radius 3 is 2.44 bits per heavy atom. The number of aromatic nitrogens is 2. The van der Waals surface area contributed by atoms with Crippen molar-refractivity contribution < 1.29 is 30.1 Å². The summed E-state index contributed by atoms with van der Waals surface area (Å²) in [5.41, 5.74) is 4.77. The molecule has 0 fully saturated rings. The molecule has 4 aromatic carbocycles. The Hall–Kier alpha value is -3.57. The number of anilines is 3. The zero-order chi connectivity index (χ0) is 29.9. The Morgan fingerprint density at radius 1 is 0.829 bits per heavy atom. The number of benzene rings is 4. The molecule has 7 rings (SSSR count). The molecular weight excluding hydrogens is 708 g/mol. The van der Waals surface area contributed by atoms with Crippen molar-refractivity contribution in [1.29, 1.82) is 0 Å². The number of hydrogen-bond donors (Lipinski definition) is 0. The van der Waals surface area contributed by atoms with Gasteiger partial charge in [-0.3, -0.25) is 0 Å². The monoisotopic (exact) mass is 739 g/mol. The molecule has 3 heterocycles. The first-order chi connectivity index (χ1) is 20.6. The number of aryl methyl sites for hydroxylation is 1. The largest absolute Gasteiger partial charge is 0.319 e. The number of pyridine rings is 1. The third-order valence-electron chi connectivity index (χ3n) is 6.88. The molecule has 1 N–H and O–H groups in total. The van der Waals surface area contributed by atoms with Crippen LogP contribution in [0.15, 0.2) is 107 Å². The van der Waals surface area contributed by atoms with Crippen LogP contribution in [0, 0.1) is 19.0 Å². The Morgan fingerprint density at radius 2 is 1.61 bits per heavy atom. The molecule has 0 amide bonds. The van der Waals surface area contributed by atoms with Crippen LogP contribution in [-0.2, 0) is 21.1 Å². The van der Waals surface area contributed by atoms with Gasteiger partial charge in [0.25, 0.3) is 0 Å². The molecule has 0 atom stereocenters. The second kappa shape index (κ2) is 10.7. The van der Waals surface area contributed by atoms with Gasteiger partial charge in [0.2, 0.25) is 0 Å². The van der Waals surface area contributed by atoms with E-state index in [1.807, 2.05) is 63.2 Å². The minimum Gasteiger partial charge on any atom is -0.319 e. The van der Waals surface area contributed by atoms with Crippen LogP contribution in [0.3, 0.4) is 0 Å². The first-order valence-electron chi connectivity index (χ1n) is 14.6. The molecule has 0 radical (unpaired) electrons. The molecule has 2 aromatic heterocycles. The van der Waals surface area contributed by atoms with Gasteiger partial charge in [0.1, 0.15) is 22.7 Å². The van der Waals surface area contributed by atoms with Crippen molar-refractivity contribution in [2.75, 3.05) is 10.1 Å². The second-order valence-electron chi connectivity index (χ2n) is 10.7. The average molecular weight is 740 g/mol. The van der Waals surface area contributed by atoms with Crippen LogP contribution in [0.4, 0.5) is 17.1 Å². The van der Waals surface area contributed by atoms with Crippen molar-refractivity contribution in [1.82, 2.24) is 9.55 Å². The van der Waals surface area contributed by atoms with E-state index in [1.165, 1.54) is 0 Å². The van der Waals surface area contributed by atoms with E-state index in [9.17, 15) is 0 Å². The Labute approximate surface area is 263 Å². The molecule has 0 bridgehead atoms. The van der Waals surface area contributed by atoms with E-state index in [4.69, 9.17) is 9.05 Å². The summed E-state index contributed by atoms with van der Waals surface area (Å²) >= 11 is 1.57. The summed E-state index contributed by atoms with van der Waals surface area (Å²) in [5, 5.41) is 6.07. The van der Waals surface area contributed by atoms with Crippen molar-refractivity contribution in [3.63, 3.8) is 0 Å². The quantitative estimate of drug-likeness (QED) is 0.134. The standard InChI is InChI=1S/C34H28N4OS.Pt/c1-23-18-19-35-33(20-23)36-29-13-6-5-12-27(29)28-17-16-26(22-32(28)36)40-25-11-9-10-24(21-25)37-30-14-7-8-15-31(30)38(39-37)34(2,3)4;/h5-20H,1-4H3;/q-2;/p+1/i1D3;. The van der Waals surface area contributed by atoms with Crippen molar-refractivity contribution in [2.45, 2.75) is 43.0 Å². The van der Waals surface area contributed by atoms with Gasteiger partial charge in [0, 0.05) is 42.6 Å². The third kappa shape index (κ3) is 4.95. The average Bonchev–Trinajstić information content (AvgIpc) is 3.53. The molecule has 0 spiro atoms. The SMILES string of the molecule is [2H]C([2H])([2H])c1ccnc(-n2c3[c-]c(Sc4[c-]c(N5[OH+]N(C(C)(C)C)c6ccccc65)ccc4)ccc3c3ccccc32)c1.[Pt]. The Bertz CT molecular complexity index is 2000. The molecule has 0 saturated heterocycles. The molecule has 5 nitrogen and oxygen atoms in total. The van der Waals surface area contributed by atoms with Crippen molar-refractivity contribution in [3.8, 4) is 5.82 Å². The van der Waals surface area contributed by atoms with Crippen LogP contribution in [0.25, 0.3) is 27.6 Å². The van der Waals surface area contributed by atoms with E-state index in [1.54, 1.807) is 30.1 Å². The van der Waals surface area contributed by atoms with Crippen LogP contribution in [-0.4, -0.2) is 20.0 Å². The number of hydrogen-bond acceptors (Lipinski definition) is 4. The van der Waals surface area contributed by atoms with Crippen molar-refractivity contribution in [2.24, 2.45) is 0 Å². The number of rotatable bonds is 4. The Balaban J connectivity index is 0.00000343. The molecular formula is C34H29N4OPtS-. The number of fused-ring (bicyclic) bond motifs is 4. The van der Waals surface area contributed by atoms with Crippen molar-refractivity contribution in [3.05, 3.63) is 115 Å². The minimum atomic E-state index is -2.23. The predicted molar refractivity (Wildman–Crippen MR) is 164 cm³/mol. The molecule has 6 aromatic rings. The molecule has 1 aliphatic heterocycles. The van der Waals surface area contributed by atoms with Gasteiger partial charge in [-0.1, -0.05) is 35.8 Å². The van der Waals surface area contributed by atoms with Gasteiger partial charge >= 0.3 is 0 Å². The third-order valence-corrected chi connectivity index (χ3v) is 7.80. The maximum absolute atomic E-state index is 7.91. The number of para-hydroxylation sites is 3. The minimum absolute atomic E-state index is 0. The molecule has 7 heteroatoms. The zero-order valence-corrected chi connectivity index (χ0v) is 25.8. The van der Waals surface area contributed by atoms with Gasteiger partial charge in [-0.2, -0.15) is 29.2 Å². The summed E-state index contributed by atoms with van der Waals surface area (Å²) in [6, 6.07) is 36.9. The zero-order valence-electron chi connectivity index (χ0n) is 25.7. The predicted octanol–water partition coefficient (Wildman–Crippen LogP) is 8.83. The number of nitrogens with zero attached hydrogens (tertiary/aromatic N) is 4. The van der Waals surface area contributed by atoms with E-state index in [0.29, 0.717) is 5.82 Å². The van der Waals surface area contributed by atoms with Crippen LogP contribution in [0.1, 0.15) is 30.4 Å². The summed E-state index contributed by atoms with van der Waals surface area (Å²) in [6.45, 7) is 4.21. The summed E-state index contributed by atoms with van der Waals surface area (Å²) < 4.78 is 25.7. The second-order valence-corrected chi connectivity index (χ2v) is 11.8. The van der Waals surface area contributed by atoms with Crippen LogP contribution in [0.2, 0.25) is 0 Å². The topological polar surface area (TPSA) is 37.1 Å². The molecule has 0 aliphatic carbocycles. The molecule has 0 saturated carbocycles. The van der Waals surface area contributed by atoms with Gasteiger partial charge in [0.15, 0.2) is 0 Å². The molecule has 208 valence electrons. The summed E-state index contributed by atoms with van der Waals surface area (Å²) in [4.78, 5) is 11.4. The first kappa shape index (κ1) is 24.1. The normalized spacial score (nSPS) is 14.5. The maximum Gasteiger partial charge on any atom is 0.145 e. The van der Waals surface area contributed by atoms with Gasteiger partial charge < -0.3 is 4.57 Å². The first-order valence-corrected chi connectivity index (χ1v) is 13.9. The summed E-state index contributed by atoms with van der Waals surface area (Å²) in [6.07, 6.45) is 1.55. The fraction of sp³-hybridized carbons (Fsp3) is 0.147. The summed E-state index contributed by atoms with van der Waals surface area (Å²) in [7, 11) is 0. The maximum atomic E-state index is 7.91. The fourth-order valence-corrected chi connectivity index (χ4v) is 5.95. The molecule has 41 heavy (non-hydrogen) atoms. The molecule has 1 aliphatic rings. The van der Waals surface area contributed by atoms with E-state index in [2.05, 4.69) is 68.2 Å². The van der Waals surface area contributed by atoms with Gasteiger partial charge in [-0.05, 0) is 68.9 Å². The van der Waals surface area contributed by atoms with Crippen molar-refractivity contribution >= 4 is 50.6 Å². The van der Waals surface area contributed by atoms with Crippen LogP contribution >= 0.6 is 11.8 Å². The van der Waals surface area contributed by atoms with Crippen LogP contribution in [0.5, 0.6) is 0 Å².